The fourth-order valence-electron chi connectivity index (χ4n) is 5.08. The molecule has 0 amide bonds. The zero-order chi connectivity index (χ0) is 24.3. The summed E-state index contributed by atoms with van der Waals surface area (Å²) in [5.74, 6) is -2.77. The number of hydrogen-bond acceptors (Lipinski definition) is 7. The molecule has 2 bridgehead atoms. The predicted molar refractivity (Wildman–Crippen MR) is 109 cm³/mol. The number of nitrogens with one attached hydrogen (secondary N) is 1. The van der Waals surface area contributed by atoms with Gasteiger partial charge in [-0.1, -0.05) is 5.16 Å². The molecule has 3 heterocycles. The van der Waals surface area contributed by atoms with E-state index < -0.39 is 18.7 Å². The van der Waals surface area contributed by atoms with Crippen LogP contribution in [0.3, 0.4) is 0 Å². The van der Waals surface area contributed by atoms with Crippen LogP contribution in [0.4, 0.5) is 27.9 Å². The SMILES string of the molecule is Cc1noc(C2C[C@H]3CC[C@@H](C2)C3Nc2nc3c(OCC(F)(F)C(F)(F)F)ccc(C)n3n2)n1. The Morgan fingerprint density at radius 2 is 1.79 bits per heavy atom. The number of nitrogens with zero attached hydrogens (tertiary/aromatic N) is 5. The van der Waals surface area contributed by atoms with E-state index in [2.05, 4.69) is 25.5 Å². The third-order valence-electron chi connectivity index (χ3n) is 6.75. The Morgan fingerprint density at radius 3 is 2.41 bits per heavy atom. The van der Waals surface area contributed by atoms with Crippen LogP contribution in [0.1, 0.15) is 49.0 Å². The molecule has 3 aromatic rings. The van der Waals surface area contributed by atoms with Gasteiger partial charge in [-0.3, -0.25) is 0 Å². The second-order valence-electron chi connectivity index (χ2n) is 9.12. The molecule has 3 aromatic heterocycles. The van der Waals surface area contributed by atoms with E-state index in [9.17, 15) is 22.0 Å². The number of ether oxygens (including phenoxy) is 1. The van der Waals surface area contributed by atoms with E-state index >= 15 is 0 Å². The van der Waals surface area contributed by atoms with Gasteiger partial charge in [0.05, 0.1) is 0 Å². The number of alkyl halides is 5. The van der Waals surface area contributed by atoms with Gasteiger partial charge in [-0.05, 0) is 63.5 Å². The third kappa shape index (κ3) is 4.05. The van der Waals surface area contributed by atoms with Crippen molar-refractivity contribution in [3.63, 3.8) is 0 Å². The Bertz CT molecular complexity index is 1180. The van der Waals surface area contributed by atoms with E-state index in [1.54, 1.807) is 13.8 Å². The zero-order valence-electron chi connectivity index (χ0n) is 18.4. The van der Waals surface area contributed by atoms with Crippen LogP contribution in [0, 0.1) is 25.7 Å². The molecule has 13 heteroatoms. The highest BCUT2D eigenvalue weighted by Crippen LogP contribution is 2.49. The number of hydrogen-bond donors (Lipinski definition) is 1. The largest absolute Gasteiger partial charge is 0.483 e. The maximum Gasteiger partial charge on any atom is 0.456 e. The second kappa shape index (κ2) is 8.05. The van der Waals surface area contributed by atoms with Gasteiger partial charge in [-0.2, -0.15) is 31.9 Å². The van der Waals surface area contributed by atoms with Gasteiger partial charge in [0.1, 0.15) is 0 Å². The average Bonchev–Trinajstić information content (AvgIpc) is 3.44. The van der Waals surface area contributed by atoms with Gasteiger partial charge in [-0.15, -0.1) is 5.10 Å². The molecule has 8 nitrogen and oxygen atoms in total. The minimum absolute atomic E-state index is 0.0721. The van der Waals surface area contributed by atoms with Gasteiger partial charge in [-0.25, -0.2) is 4.52 Å². The highest BCUT2D eigenvalue weighted by Gasteiger charge is 2.58. The zero-order valence-corrected chi connectivity index (χ0v) is 18.4. The normalized spacial score (nSPS) is 25.1. The molecule has 0 radical (unpaired) electrons. The van der Waals surface area contributed by atoms with Crippen LogP contribution in [0.25, 0.3) is 5.65 Å². The Morgan fingerprint density at radius 1 is 1.09 bits per heavy atom. The van der Waals surface area contributed by atoms with E-state index in [0.717, 1.165) is 25.7 Å². The van der Waals surface area contributed by atoms with Crippen molar-refractivity contribution in [1.29, 1.82) is 0 Å². The average molecular weight is 486 g/mol. The summed E-state index contributed by atoms with van der Waals surface area (Å²) in [6.07, 6.45) is -1.89. The van der Waals surface area contributed by atoms with Crippen LogP contribution in [0.5, 0.6) is 5.75 Å². The molecular weight excluding hydrogens is 463 g/mol. The lowest BCUT2D eigenvalue weighted by Crippen LogP contribution is -2.41. The quantitative estimate of drug-likeness (QED) is 0.506. The first kappa shape index (κ1) is 22.8. The van der Waals surface area contributed by atoms with Crippen molar-refractivity contribution < 1.29 is 31.2 Å². The summed E-state index contributed by atoms with van der Waals surface area (Å²) in [4.78, 5) is 8.73. The summed E-state index contributed by atoms with van der Waals surface area (Å²) in [5, 5.41) is 11.7. The summed E-state index contributed by atoms with van der Waals surface area (Å²) < 4.78 is 75.8. The van der Waals surface area contributed by atoms with E-state index in [1.165, 1.54) is 16.6 Å². The minimum Gasteiger partial charge on any atom is -0.483 e. The number of pyridine rings is 1. The minimum atomic E-state index is -5.70. The Labute approximate surface area is 190 Å². The molecule has 2 fully saturated rings. The van der Waals surface area contributed by atoms with E-state index in [4.69, 9.17) is 9.26 Å². The molecule has 34 heavy (non-hydrogen) atoms. The van der Waals surface area contributed by atoms with Crippen LogP contribution in [-0.2, 0) is 0 Å². The van der Waals surface area contributed by atoms with E-state index in [1.807, 2.05) is 0 Å². The van der Waals surface area contributed by atoms with Gasteiger partial charge >= 0.3 is 12.1 Å². The van der Waals surface area contributed by atoms with Crippen molar-refractivity contribution in [3.8, 4) is 5.75 Å². The van der Waals surface area contributed by atoms with Crippen molar-refractivity contribution in [1.82, 2.24) is 24.7 Å². The van der Waals surface area contributed by atoms with Crippen molar-refractivity contribution in [2.75, 3.05) is 11.9 Å². The Balaban J connectivity index is 1.33. The summed E-state index contributed by atoms with van der Waals surface area (Å²) in [7, 11) is 0. The van der Waals surface area contributed by atoms with Gasteiger partial charge in [0.25, 0.3) is 0 Å². The lowest BCUT2D eigenvalue weighted by atomic mass is 9.77. The van der Waals surface area contributed by atoms with Gasteiger partial charge in [0.2, 0.25) is 11.8 Å². The van der Waals surface area contributed by atoms with Gasteiger partial charge in [0, 0.05) is 17.7 Å². The van der Waals surface area contributed by atoms with Crippen LogP contribution < -0.4 is 10.1 Å². The predicted octanol–water partition coefficient (Wildman–Crippen LogP) is 4.69. The molecule has 2 aliphatic carbocycles. The number of anilines is 1. The molecule has 0 saturated heterocycles. The molecule has 5 rings (SSSR count). The standard InChI is InChI=1S/C21H23F5N6O2/c1-10-3-6-15(33-9-20(22,23)21(24,25)26)17-29-19(30-32(10)17)28-16-12-4-5-13(16)8-14(7-12)18-27-11(2)31-34-18/h3,6,12-14,16H,4-5,7-9H2,1-2H3,(H,28,30)/t12-,13+,14?,16?. The molecule has 2 aliphatic rings. The fourth-order valence-corrected chi connectivity index (χ4v) is 5.08. The summed E-state index contributed by atoms with van der Waals surface area (Å²) >= 11 is 0. The molecule has 1 N–H and O–H groups in total. The number of rotatable bonds is 6. The highest BCUT2D eigenvalue weighted by atomic mass is 19.4. The smallest absolute Gasteiger partial charge is 0.456 e. The van der Waals surface area contributed by atoms with Gasteiger partial charge < -0.3 is 14.6 Å². The van der Waals surface area contributed by atoms with Crippen LogP contribution in [0.2, 0.25) is 0 Å². The molecule has 0 aliphatic heterocycles. The first-order chi connectivity index (χ1) is 16.0. The molecule has 184 valence electrons. The van der Waals surface area contributed by atoms with Crippen LogP contribution >= 0.6 is 0 Å². The first-order valence-corrected chi connectivity index (χ1v) is 11.0. The maximum absolute atomic E-state index is 13.3. The van der Waals surface area contributed by atoms with E-state index in [0.29, 0.717) is 29.2 Å². The number of fused-ring (bicyclic) bond motifs is 3. The topological polar surface area (TPSA) is 90.4 Å². The monoisotopic (exact) mass is 486 g/mol. The molecule has 0 aromatic carbocycles. The van der Waals surface area contributed by atoms with Crippen molar-refractivity contribution in [3.05, 3.63) is 29.5 Å². The fraction of sp³-hybridized carbons (Fsp3) is 0.619. The third-order valence-corrected chi connectivity index (χ3v) is 6.75. The van der Waals surface area contributed by atoms with Crippen LogP contribution in [0.15, 0.2) is 16.7 Å². The number of aryl methyl sites for hydroxylation is 2. The summed E-state index contributed by atoms with van der Waals surface area (Å²) in [5.41, 5.74) is 0.701. The summed E-state index contributed by atoms with van der Waals surface area (Å²) in [6.45, 7) is 1.67. The van der Waals surface area contributed by atoms with Gasteiger partial charge in [0.15, 0.2) is 23.8 Å². The molecular formula is C21H23F5N6O2. The summed E-state index contributed by atoms with van der Waals surface area (Å²) in [6, 6.07) is 2.95. The maximum atomic E-state index is 13.3. The Hall–Kier alpha value is -2.99. The molecule has 2 saturated carbocycles. The van der Waals surface area contributed by atoms with Crippen molar-refractivity contribution >= 4 is 11.6 Å². The van der Waals surface area contributed by atoms with Crippen molar-refractivity contribution in [2.24, 2.45) is 11.8 Å². The Kier molecular flexibility index (Phi) is 5.40. The van der Waals surface area contributed by atoms with Crippen LogP contribution in [-0.4, -0.2) is 49.5 Å². The number of aromatic nitrogens is 5. The van der Waals surface area contributed by atoms with E-state index in [-0.39, 0.29) is 29.3 Å². The molecule has 4 atom stereocenters. The number of halogens is 5. The molecule has 0 spiro atoms. The highest BCUT2D eigenvalue weighted by molar-refractivity contribution is 5.57. The second-order valence-corrected chi connectivity index (χ2v) is 9.12. The lowest BCUT2D eigenvalue weighted by molar-refractivity contribution is -0.289. The lowest BCUT2D eigenvalue weighted by Gasteiger charge is -2.34. The van der Waals surface area contributed by atoms with Crippen molar-refractivity contribution in [2.45, 2.75) is 63.6 Å². The first-order valence-electron chi connectivity index (χ1n) is 11.0. The molecule has 2 unspecified atom stereocenters.